The number of carbonyl (C=O) groups excluding carboxylic acids is 1. The summed E-state index contributed by atoms with van der Waals surface area (Å²) >= 11 is 3.69. The fourth-order valence-corrected chi connectivity index (χ4v) is 5.39. The van der Waals surface area contributed by atoms with E-state index in [-0.39, 0.29) is 9.99 Å². The molecule has 2 aromatic rings. The van der Waals surface area contributed by atoms with Gasteiger partial charge >= 0.3 is 0 Å². The van der Waals surface area contributed by atoms with E-state index < -0.39 is 0 Å². The van der Waals surface area contributed by atoms with E-state index >= 15 is 0 Å². The highest BCUT2D eigenvalue weighted by atomic mass is 32.2. The van der Waals surface area contributed by atoms with Crippen LogP contribution in [0, 0.1) is 0 Å². The molecular formula is C20H22N2O2S2. The number of ether oxygens (including phenoxy) is 1. The Labute approximate surface area is 162 Å². The van der Waals surface area contributed by atoms with E-state index in [1.807, 2.05) is 78.1 Å². The van der Waals surface area contributed by atoms with Crippen molar-refractivity contribution < 1.29 is 9.53 Å². The summed E-state index contributed by atoms with van der Waals surface area (Å²) in [6, 6.07) is 17.7. The molecule has 6 heteroatoms. The molecule has 0 aliphatic carbocycles. The van der Waals surface area contributed by atoms with Gasteiger partial charge in [0.15, 0.2) is 0 Å². The molecule has 0 unspecified atom stereocenters. The molecule has 1 saturated heterocycles. The number of hydrogen-bond donors (Lipinski definition) is 1. The van der Waals surface area contributed by atoms with Crippen LogP contribution in [-0.2, 0) is 11.4 Å². The fraction of sp³-hybridized carbons (Fsp3) is 0.300. The van der Waals surface area contributed by atoms with E-state index in [1.165, 1.54) is 0 Å². The monoisotopic (exact) mass is 386 g/mol. The van der Waals surface area contributed by atoms with Crippen LogP contribution in [0.2, 0.25) is 0 Å². The van der Waals surface area contributed by atoms with E-state index in [1.54, 1.807) is 6.21 Å². The Morgan fingerprint density at radius 1 is 1.15 bits per heavy atom. The van der Waals surface area contributed by atoms with Gasteiger partial charge in [0.05, 0.1) is 16.7 Å². The first-order valence-corrected chi connectivity index (χ1v) is 10.5. The Hall–Kier alpha value is -1.92. The van der Waals surface area contributed by atoms with Crippen molar-refractivity contribution in [2.24, 2.45) is 5.10 Å². The molecule has 26 heavy (non-hydrogen) atoms. The van der Waals surface area contributed by atoms with Crippen molar-refractivity contribution in [3.8, 4) is 5.75 Å². The van der Waals surface area contributed by atoms with Crippen molar-refractivity contribution in [2.45, 2.75) is 24.0 Å². The number of hydrazone groups is 1. The zero-order chi connectivity index (χ0) is 18.2. The van der Waals surface area contributed by atoms with Crippen molar-refractivity contribution in [1.82, 2.24) is 5.43 Å². The van der Waals surface area contributed by atoms with E-state index in [0.717, 1.165) is 28.4 Å². The lowest BCUT2D eigenvalue weighted by molar-refractivity contribution is -0.121. The van der Waals surface area contributed by atoms with Gasteiger partial charge in [-0.05, 0) is 42.3 Å². The number of thioether (sulfide) groups is 2. The molecule has 3 rings (SSSR count). The summed E-state index contributed by atoms with van der Waals surface area (Å²) in [5.74, 6) is 2.97. The van der Waals surface area contributed by atoms with Gasteiger partial charge in [0.1, 0.15) is 12.4 Å². The lowest BCUT2D eigenvalue weighted by atomic mass is 10.2. The van der Waals surface area contributed by atoms with Gasteiger partial charge < -0.3 is 4.74 Å². The maximum absolute atomic E-state index is 12.0. The zero-order valence-corrected chi connectivity index (χ0v) is 16.3. The molecule has 1 heterocycles. The van der Waals surface area contributed by atoms with Gasteiger partial charge in [0.2, 0.25) is 5.91 Å². The maximum Gasteiger partial charge on any atom is 0.242 e. The molecule has 1 aliphatic rings. The number of rotatable bonds is 7. The number of amides is 1. The molecule has 0 aromatic heterocycles. The molecule has 1 amide bonds. The Morgan fingerprint density at radius 2 is 1.85 bits per heavy atom. The molecule has 0 radical (unpaired) electrons. The van der Waals surface area contributed by atoms with Gasteiger partial charge in [-0.1, -0.05) is 30.3 Å². The second kappa shape index (κ2) is 9.14. The van der Waals surface area contributed by atoms with Gasteiger partial charge in [-0.2, -0.15) is 5.10 Å². The molecule has 1 fully saturated rings. The highest BCUT2D eigenvalue weighted by Gasteiger charge is 2.32. The SMILES string of the molecule is CC1(CC(=O)N/N=C/c2ccc(OCc3ccccc3)cc2)SCCS1. The summed E-state index contributed by atoms with van der Waals surface area (Å²) in [4.78, 5) is 12.0. The molecule has 4 nitrogen and oxygen atoms in total. The summed E-state index contributed by atoms with van der Waals surface area (Å²) in [7, 11) is 0. The van der Waals surface area contributed by atoms with Crippen LogP contribution in [0.4, 0.5) is 0 Å². The Bertz CT molecular complexity index is 742. The molecule has 0 spiro atoms. The minimum atomic E-state index is -0.0477. The molecule has 136 valence electrons. The third-order valence-corrected chi connectivity index (χ3v) is 7.20. The van der Waals surface area contributed by atoms with E-state index in [4.69, 9.17) is 4.74 Å². The van der Waals surface area contributed by atoms with Gasteiger partial charge in [-0.3, -0.25) is 4.79 Å². The summed E-state index contributed by atoms with van der Waals surface area (Å²) in [6.45, 7) is 2.66. The van der Waals surface area contributed by atoms with Crippen molar-refractivity contribution in [3.63, 3.8) is 0 Å². The van der Waals surface area contributed by atoms with Crippen LogP contribution in [-0.4, -0.2) is 27.7 Å². The normalized spacial score (nSPS) is 15.9. The quantitative estimate of drug-likeness (QED) is 0.569. The van der Waals surface area contributed by atoms with E-state index in [0.29, 0.717) is 13.0 Å². The van der Waals surface area contributed by atoms with E-state index in [9.17, 15) is 4.79 Å². The van der Waals surface area contributed by atoms with Crippen LogP contribution in [0.5, 0.6) is 5.75 Å². The van der Waals surface area contributed by atoms with Crippen LogP contribution >= 0.6 is 23.5 Å². The first-order chi connectivity index (χ1) is 12.6. The predicted molar refractivity (Wildman–Crippen MR) is 111 cm³/mol. The topological polar surface area (TPSA) is 50.7 Å². The summed E-state index contributed by atoms with van der Waals surface area (Å²) in [5.41, 5.74) is 4.66. The van der Waals surface area contributed by atoms with Crippen molar-refractivity contribution >= 4 is 35.6 Å². The molecule has 1 aliphatic heterocycles. The van der Waals surface area contributed by atoms with Crippen LogP contribution in [0.1, 0.15) is 24.5 Å². The Balaban J connectivity index is 1.44. The third kappa shape index (κ3) is 5.81. The first kappa shape index (κ1) is 18.9. The van der Waals surface area contributed by atoms with Crippen LogP contribution in [0.15, 0.2) is 59.7 Å². The average molecular weight is 387 g/mol. The number of nitrogens with one attached hydrogen (secondary N) is 1. The number of nitrogens with zero attached hydrogens (tertiary/aromatic N) is 1. The standard InChI is InChI=1S/C20H22N2O2S2/c1-20(25-11-12-26-20)13-19(23)22-21-14-16-7-9-18(10-8-16)24-15-17-5-3-2-4-6-17/h2-10,14H,11-13,15H2,1H3,(H,22,23)/b21-14+. The maximum atomic E-state index is 12.0. The average Bonchev–Trinajstić information content (AvgIpc) is 3.08. The number of carbonyl (C=O) groups is 1. The number of benzene rings is 2. The second-order valence-electron chi connectivity index (χ2n) is 6.14. The lowest BCUT2D eigenvalue weighted by Gasteiger charge is -2.19. The molecule has 0 atom stereocenters. The van der Waals surface area contributed by atoms with Crippen molar-refractivity contribution in [3.05, 3.63) is 65.7 Å². The first-order valence-electron chi connectivity index (χ1n) is 8.50. The Morgan fingerprint density at radius 3 is 2.54 bits per heavy atom. The summed E-state index contributed by atoms with van der Waals surface area (Å²) in [6.07, 6.45) is 2.13. The van der Waals surface area contributed by atoms with Crippen LogP contribution in [0.25, 0.3) is 0 Å². The summed E-state index contributed by atoms with van der Waals surface area (Å²) < 4.78 is 5.74. The minimum Gasteiger partial charge on any atom is -0.489 e. The van der Waals surface area contributed by atoms with Gasteiger partial charge in [0.25, 0.3) is 0 Å². The van der Waals surface area contributed by atoms with Crippen molar-refractivity contribution in [1.29, 1.82) is 0 Å². The molecular weight excluding hydrogens is 364 g/mol. The highest BCUT2D eigenvalue weighted by molar-refractivity contribution is 8.21. The van der Waals surface area contributed by atoms with E-state index in [2.05, 4.69) is 17.5 Å². The van der Waals surface area contributed by atoms with Gasteiger partial charge in [-0.25, -0.2) is 5.43 Å². The third-order valence-electron chi connectivity index (χ3n) is 3.91. The summed E-state index contributed by atoms with van der Waals surface area (Å²) in [5, 5.41) is 4.05. The molecule has 2 aromatic carbocycles. The van der Waals surface area contributed by atoms with Crippen LogP contribution in [0.3, 0.4) is 0 Å². The second-order valence-corrected chi connectivity index (χ2v) is 9.60. The van der Waals surface area contributed by atoms with Crippen molar-refractivity contribution in [2.75, 3.05) is 11.5 Å². The lowest BCUT2D eigenvalue weighted by Crippen LogP contribution is -2.26. The minimum absolute atomic E-state index is 0.0165. The zero-order valence-electron chi connectivity index (χ0n) is 14.7. The largest absolute Gasteiger partial charge is 0.489 e. The number of hydrogen-bond acceptors (Lipinski definition) is 5. The molecule has 0 bridgehead atoms. The van der Waals surface area contributed by atoms with Gasteiger partial charge in [-0.15, -0.1) is 23.5 Å². The van der Waals surface area contributed by atoms with Crippen LogP contribution < -0.4 is 10.2 Å². The smallest absolute Gasteiger partial charge is 0.242 e. The fourth-order valence-electron chi connectivity index (χ4n) is 2.56. The molecule has 1 N–H and O–H groups in total. The predicted octanol–water partition coefficient (Wildman–Crippen LogP) is 4.30. The highest BCUT2D eigenvalue weighted by Crippen LogP contribution is 2.45. The molecule has 0 saturated carbocycles. The van der Waals surface area contributed by atoms with Gasteiger partial charge in [0, 0.05) is 11.5 Å². The Kier molecular flexibility index (Phi) is 6.63.